The maximum absolute atomic E-state index is 12.8. The van der Waals surface area contributed by atoms with Gasteiger partial charge in [0.2, 0.25) is 0 Å². The smallest absolute Gasteiger partial charge is 0.270 e. The van der Waals surface area contributed by atoms with Crippen LogP contribution < -0.4 is 20.1 Å². The van der Waals surface area contributed by atoms with Gasteiger partial charge in [0, 0.05) is 5.56 Å². The fourth-order valence-electron chi connectivity index (χ4n) is 2.61. The lowest BCUT2D eigenvalue weighted by Crippen LogP contribution is -2.54. The first-order chi connectivity index (χ1) is 12.9. The first-order valence-corrected chi connectivity index (χ1v) is 8.19. The number of nitrogens with one attached hydrogen (secondary N) is 1. The fraction of sp³-hybridized carbons (Fsp3) is 0.0526. The number of hydrogen-bond acceptors (Lipinski definition) is 6. The number of methoxy groups -OCH3 is 1. The second kappa shape index (κ2) is 7.38. The second-order valence-corrected chi connectivity index (χ2v) is 5.93. The van der Waals surface area contributed by atoms with E-state index in [0.717, 1.165) is 0 Å². The minimum Gasteiger partial charge on any atom is -0.545 e. The number of carboxylic acids is 1. The number of carbonyl (C=O) groups excluding carboxylic acids is 3. The van der Waals surface area contributed by atoms with Gasteiger partial charge in [0.05, 0.1) is 18.8 Å². The molecule has 1 heterocycles. The number of hydrogen-bond donors (Lipinski definition) is 1. The van der Waals surface area contributed by atoms with Crippen molar-refractivity contribution >= 4 is 46.9 Å². The highest BCUT2D eigenvalue weighted by Crippen LogP contribution is 2.24. The normalized spacial score (nSPS) is 15.7. The first kappa shape index (κ1) is 18.3. The number of nitrogens with zero attached hydrogens (tertiary/aromatic N) is 1. The van der Waals surface area contributed by atoms with E-state index in [9.17, 15) is 19.5 Å². The molecule has 27 heavy (non-hydrogen) atoms. The van der Waals surface area contributed by atoms with E-state index in [1.807, 2.05) is 0 Å². The Kier molecular flexibility index (Phi) is 5.00. The maximum Gasteiger partial charge on any atom is 0.270 e. The van der Waals surface area contributed by atoms with E-state index in [1.54, 1.807) is 30.3 Å². The molecule has 7 nitrogen and oxygen atoms in total. The maximum atomic E-state index is 12.8. The number of aromatic carboxylic acids is 1. The highest BCUT2D eigenvalue weighted by Gasteiger charge is 2.34. The lowest BCUT2D eigenvalue weighted by molar-refractivity contribution is -0.255. The molecule has 0 aromatic heterocycles. The van der Waals surface area contributed by atoms with Crippen molar-refractivity contribution in [3.05, 3.63) is 65.2 Å². The SMILES string of the molecule is COc1ccc(/C=C2\C(=O)NC(=S)N(c3ccccc3)C2=O)cc1C(=O)[O-]. The summed E-state index contributed by atoms with van der Waals surface area (Å²) in [4.78, 5) is 37.6. The Hall–Kier alpha value is -3.52. The van der Waals surface area contributed by atoms with Crippen LogP contribution in [-0.2, 0) is 9.59 Å². The van der Waals surface area contributed by atoms with Crippen LogP contribution in [0.25, 0.3) is 6.08 Å². The molecule has 0 saturated carbocycles. The highest BCUT2D eigenvalue weighted by atomic mass is 32.1. The van der Waals surface area contributed by atoms with E-state index in [4.69, 9.17) is 17.0 Å². The van der Waals surface area contributed by atoms with E-state index < -0.39 is 17.8 Å². The molecule has 0 unspecified atom stereocenters. The molecule has 2 amide bonds. The molecule has 3 rings (SSSR count). The predicted molar refractivity (Wildman–Crippen MR) is 100.0 cm³/mol. The van der Waals surface area contributed by atoms with Gasteiger partial charge in [-0.2, -0.15) is 0 Å². The number of benzene rings is 2. The van der Waals surface area contributed by atoms with E-state index in [-0.39, 0.29) is 22.0 Å². The standard InChI is InChI=1S/C19H14N2O5S/c1-26-15-8-7-11(9-13(15)18(24)25)10-14-16(22)20-19(27)21(17(14)23)12-5-3-2-4-6-12/h2-10H,1H3,(H,24,25)(H,20,22,27)/p-1/b14-10+. The van der Waals surface area contributed by atoms with Gasteiger partial charge in [0.15, 0.2) is 5.11 Å². The molecule has 0 spiro atoms. The van der Waals surface area contributed by atoms with Crippen LogP contribution in [-0.4, -0.2) is 30.0 Å². The van der Waals surface area contributed by atoms with Crippen molar-refractivity contribution < 1.29 is 24.2 Å². The summed E-state index contributed by atoms with van der Waals surface area (Å²) in [7, 11) is 1.33. The highest BCUT2D eigenvalue weighted by molar-refractivity contribution is 7.80. The third-order valence-electron chi connectivity index (χ3n) is 3.87. The van der Waals surface area contributed by atoms with Gasteiger partial charge < -0.3 is 14.6 Å². The molecule has 8 heteroatoms. The topological polar surface area (TPSA) is 98.8 Å². The van der Waals surface area contributed by atoms with E-state index in [0.29, 0.717) is 11.3 Å². The molecule has 2 aromatic carbocycles. The summed E-state index contributed by atoms with van der Waals surface area (Å²) in [5.41, 5.74) is 0.464. The van der Waals surface area contributed by atoms with Gasteiger partial charge in [-0.05, 0) is 48.1 Å². The molecule has 0 radical (unpaired) electrons. The lowest BCUT2D eigenvalue weighted by Gasteiger charge is -2.28. The molecule has 1 aliphatic rings. The minimum atomic E-state index is -1.43. The molecule has 1 N–H and O–H groups in total. The molecule has 136 valence electrons. The van der Waals surface area contributed by atoms with Crippen molar-refractivity contribution in [2.24, 2.45) is 0 Å². The lowest BCUT2D eigenvalue weighted by atomic mass is 10.0. The van der Waals surface area contributed by atoms with Gasteiger partial charge in [0.25, 0.3) is 11.8 Å². The molecule has 0 aliphatic carbocycles. The number of rotatable bonds is 4. The molecule has 0 atom stereocenters. The van der Waals surface area contributed by atoms with E-state index in [1.165, 1.54) is 36.3 Å². The van der Waals surface area contributed by atoms with Crippen LogP contribution >= 0.6 is 12.2 Å². The van der Waals surface area contributed by atoms with Gasteiger partial charge in [-0.25, -0.2) is 0 Å². The van der Waals surface area contributed by atoms with Gasteiger partial charge in [-0.3, -0.25) is 19.8 Å². The van der Waals surface area contributed by atoms with Crippen molar-refractivity contribution in [2.75, 3.05) is 12.0 Å². The van der Waals surface area contributed by atoms with E-state index in [2.05, 4.69) is 5.32 Å². The summed E-state index contributed by atoms with van der Waals surface area (Å²) in [6.07, 6.45) is 1.29. The van der Waals surface area contributed by atoms with Crippen LogP contribution in [0, 0.1) is 0 Å². The van der Waals surface area contributed by atoms with E-state index >= 15 is 0 Å². The van der Waals surface area contributed by atoms with Crippen LogP contribution in [0.15, 0.2) is 54.1 Å². The molecule has 0 bridgehead atoms. The zero-order chi connectivity index (χ0) is 19.6. The van der Waals surface area contributed by atoms with Gasteiger partial charge in [-0.1, -0.05) is 24.3 Å². The zero-order valence-corrected chi connectivity index (χ0v) is 14.9. The number of para-hydroxylation sites is 1. The Balaban J connectivity index is 2.03. The summed E-state index contributed by atoms with van der Waals surface area (Å²) in [5.74, 6) is -2.59. The number of carbonyl (C=O) groups is 3. The van der Waals surface area contributed by atoms with Crippen LogP contribution in [0.1, 0.15) is 15.9 Å². The number of ether oxygens (including phenoxy) is 1. The molecule has 1 aliphatic heterocycles. The van der Waals surface area contributed by atoms with Crippen LogP contribution in [0.2, 0.25) is 0 Å². The van der Waals surface area contributed by atoms with Crippen LogP contribution in [0.3, 0.4) is 0 Å². The Morgan fingerprint density at radius 1 is 1.19 bits per heavy atom. The quantitative estimate of drug-likeness (QED) is 0.480. The van der Waals surface area contributed by atoms with Crippen molar-refractivity contribution in [1.82, 2.24) is 5.32 Å². The summed E-state index contributed by atoms with van der Waals surface area (Å²) >= 11 is 5.11. The first-order valence-electron chi connectivity index (χ1n) is 7.78. The van der Waals surface area contributed by atoms with Crippen LogP contribution in [0.4, 0.5) is 5.69 Å². The molecule has 2 aromatic rings. The largest absolute Gasteiger partial charge is 0.545 e. The Morgan fingerprint density at radius 2 is 1.89 bits per heavy atom. The molecular weight excluding hydrogens is 368 g/mol. The van der Waals surface area contributed by atoms with Crippen molar-refractivity contribution in [2.45, 2.75) is 0 Å². The number of anilines is 1. The molecular formula is C19H13N2O5S-. The minimum absolute atomic E-state index is 0.0292. The molecule has 1 saturated heterocycles. The summed E-state index contributed by atoms with van der Waals surface area (Å²) in [6.45, 7) is 0. The van der Waals surface area contributed by atoms with Gasteiger partial charge in [-0.15, -0.1) is 0 Å². The third-order valence-corrected chi connectivity index (χ3v) is 4.16. The number of carboxylic acid groups (broad SMARTS) is 1. The predicted octanol–water partition coefficient (Wildman–Crippen LogP) is 0.890. The van der Waals surface area contributed by atoms with Gasteiger partial charge >= 0.3 is 0 Å². The average Bonchev–Trinajstić information content (AvgIpc) is 2.65. The molecule has 1 fully saturated rings. The Labute approximate surface area is 159 Å². The Morgan fingerprint density at radius 3 is 2.52 bits per heavy atom. The monoisotopic (exact) mass is 381 g/mol. The van der Waals surface area contributed by atoms with Crippen molar-refractivity contribution in [3.63, 3.8) is 0 Å². The Bertz CT molecular complexity index is 985. The third kappa shape index (κ3) is 3.56. The van der Waals surface area contributed by atoms with Crippen molar-refractivity contribution in [3.8, 4) is 5.75 Å². The second-order valence-electron chi connectivity index (χ2n) is 5.54. The average molecular weight is 381 g/mol. The van der Waals surface area contributed by atoms with Crippen molar-refractivity contribution in [1.29, 1.82) is 0 Å². The zero-order valence-electron chi connectivity index (χ0n) is 14.1. The number of amides is 2. The van der Waals surface area contributed by atoms with Crippen LogP contribution in [0.5, 0.6) is 5.75 Å². The summed E-state index contributed by atoms with van der Waals surface area (Å²) in [5, 5.41) is 13.7. The summed E-state index contributed by atoms with van der Waals surface area (Å²) < 4.78 is 4.97. The van der Waals surface area contributed by atoms with Gasteiger partial charge in [0.1, 0.15) is 11.3 Å². The number of thiocarbonyl (C=S) groups is 1. The summed E-state index contributed by atoms with van der Waals surface area (Å²) in [6, 6.07) is 12.8. The fourth-order valence-corrected chi connectivity index (χ4v) is 2.89.